The maximum absolute atomic E-state index is 10.1. The molecule has 0 radical (unpaired) electrons. The molecule has 1 rings (SSSR count). The van der Waals surface area contributed by atoms with Crippen LogP contribution >= 0.6 is 0 Å². The molecule has 0 aromatic carbocycles. The second-order valence-corrected chi connectivity index (χ2v) is 4.36. The largest absolute Gasteiger partial charge is 0.480 e. The number of nitrogens with one attached hydrogen (secondary N) is 1. The van der Waals surface area contributed by atoms with Crippen LogP contribution < -0.4 is 5.32 Å². The van der Waals surface area contributed by atoms with Crippen molar-refractivity contribution in [3.63, 3.8) is 0 Å². The van der Waals surface area contributed by atoms with Crippen molar-refractivity contribution >= 4 is 17.9 Å². The summed E-state index contributed by atoms with van der Waals surface area (Å²) in [5, 5.41) is 36.4. The number of carboxylic acids is 3. The maximum atomic E-state index is 10.1. The predicted molar refractivity (Wildman–Crippen MR) is 67.4 cm³/mol. The van der Waals surface area contributed by atoms with Crippen molar-refractivity contribution in [2.24, 2.45) is 5.41 Å². The van der Waals surface area contributed by atoms with E-state index in [1.54, 1.807) is 0 Å². The molecule has 0 unspecified atom stereocenters. The molecule has 9 nitrogen and oxygen atoms in total. The first-order valence-corrected chi connectivity index (χ1v) is 6.01. The van der Waals surface area contributed by atoms with Crippen LogP contribution in [-0.2, 0) is 14.4 Å². The van der Waals surface area contributed by atoms with Gasteiger partial charge >= 0.3 is 17.9 Å². The number of carbonyl (C=O) groups is 3. The van der Waals surface area contributed by atoms with Crippen LogP contribution in [-0.4, -0.2) is 82.6 Å². The lowest BCUT2D eigenvalue weighted by Gasteiger charge is -2.25. The molecule has 5 N–H and O–H groups in total. The van der Waals surface area contributed by atoms with E-state index in [9.17, 15) is 14.4 Å². The van der Waals surface area contributed by atoms with Crippen LogP contribution in [0.5, 0.6) is 0 Å². The molecule has 0 aliphatic carbocycles. The summed E-state index contributed by atoms with van der Waals surface area (Å²) in [7, 11) is 0. The zero-order chi connectivity index (χ0) is 15.8. The Morgan fingerprint density at radius 3 is 1.70 bits per heavy atom. The highest BCUT2D eigenvalue weighted by molar-refractivity contribution is 6.15. The van der Waals surface area contributed by atoms with Gasteiger partial charge in [0.1, 0.15) is 0 Å². The van der Waals surface area contributed by atoms with Crippen molar-refractivity contribution in [3.8, 4) is 0 Å². The Morgan fingerprint density at radius 1 is 1.05 bits per heavy atom. The highest BCUT2D eigenvalue weighted by atomic mass is 16.4. The number of piperazine rings is 1. The zero-order valence-electron chi connectivity index (χ0n) is 11.2. The summed E-state index contributed by atoms with van der Waals surface area (Å²) >= 11 is 0. The van der Waals surface area contributed by atoms with E-state index in [1.807, 2.05) is 0 Å². The molecule has 0 aromatic rings. The lowest BCUT2D eigenvalue weighted by Crippen LogP contribution is -2.44. The van der Waals surface area contributed by atoms with Crippen molar-refractivity contribution in [1.29, 1.82) is 0 Å². The highest BCUT2D eigenvalue weighted by Crippen LogP contribution is 2.16. The summed E-state index contributed by atoms with van der Waals surface area (Å²) in [6.07, 6.45) is 0. The lowest BCUT2D eigenvalue weighted by atomic mass is 9.91. The number of β-amino-alcohol motifs (C(OH)–C–C–N with tert-alkyl or cyclic N) is 1. The van der Waals surface area contributed by atoms with Gasteiger partial charge in [0.15, 0.2) is 0 Å². The first kappa shape index (κ1) is 18.3. The summed E-state index contributed by atoms with van der Waals surface area (Å²) in [4.78, 5) is 32.7. The molecule has 116 valence electrons. The molecule has 0 aromatic heterocycles. The van der Waals surface area contributed by atoms with Gasteiger partial charge < -0.3 is 25.7 Å². The normalized spacial score (nSPS) is 15.9. The molecule has 9 heteroatoms. The van der Waals surface area contributed by atoms with Crippen LogP contribution in [0.1, 0.15) is 6.92 Å². The Labute approximate surface area is 115 Å². The van der Waals surface area contributed by atoms with Crippen molar-refractivity contribution in [2.75, 3.05) is 39.3 Å². The summed E-state index contributed by atoms with van der Waals surface area (Å²) in [5.41, 5.74) is -2.75. The Morgan fingerprint density at radius 2 is 1.45 bits per heavy atom. The van der Waals surface area contributed by atoms with Gasteiger partial charge in [-0.1, -0.05) is 0 Å². The van der Waals surface area contributed by atoms with Crippen LogP contribution in [0.15, 0.2) is 0 Å². The molecule has 0 atom stereocenters. The van der Waals surface area contributed by atoms with E-state index in [0.717, 1.165) is 32.7 Å². The van der Waals surface area contributed by atoms with Gasteiger partial charge in [-0.2, -0.15) is 0 Å². The summed E-state index contributed by atoms with van der Waals surface area (Å²) in [6.45, 7) is 6.04. The minimum absolute atomic E-state index is 0.292. The number of hydrogen-bond acceptors (Lipinski definition) is 6. The lowest BCUT2D eigenvalue weighted by molar-refractivity contribution is -0.173. The molecule has 1 fully saturated rings. The first-order chi connectivity index (χ1) is 9.26. The Bertz CT molecular complexity index is 314. The number of aliphatic hydroxyl groups excluding tert-OH is 1. The fraction of sp³-hybridized carbons (Fsp3) is 0.727. The maximum Gasteiger partial charge on any atom is 0.332 e. The first-order valence-electron chi connectivity index (χ1n) is 6.01. The standard InChI is InChI=1S/C6H14N2O.C5H6O6/c9-6-5-8-3-1-7-2-4-8;1-5(2(6)7,3(8)9)4(10)11/h7,9H,1-6H2;1H3,(H,6,7)(H,8,9)(H,10,11). The van der Waals surface area contributed by atoms with E-state index in [2.05, 4.69) is 10.2 Å². The van der Waals surface area contributed by atoms with E-state index >= 15 is 0 Å². The van der Waals surface area contributed by atoms with E-state index in [1.165, 1.54) is 0 Å². The highest BCUT2D eigenvalue weighted by Gasteiger charge is 2.49. The predicted octanol–water partition coefficient (Wildman–Crippen LogP) is -1.87. The molecular weight excluding hydrogens is 272 g/mol. The third-order valence-electron chi connectivity index (χ3n) is 2.91. The van der Waals surface area contributed by atoms with E-state index in [0.29, 0.717) is 13.5 Å². The molecule has 1 aliphatic rings. The third kappa shape index (κ3) is 5.11. The second-order valence-electron chi connectivity index (χ2n) is 4.36. The van der Waals surface area contributed by atoms with E-state index in [-0.39, 0.29) is 0 Å². The molecule has 0 spiro atoms. The zero-order valence-corrected chi connectivity index (χ0v) is 11.2. The van der Waals surface area contributed by atoms with Crippen LogP contribution in [0.2, 0.25) is 0 Å². The van der Waals surface area contributed by atoms with Gasteiger partial charge in [0, 0.05) is 32.7 Å². The molecule has 1 aliphatic heterocycles. The number of aliphatic hydroxyl groups is 1. The minimum atomic E-state index is -2.75. The number of hydrogen-bond donors (Lipinski definition) is 5. The molecule has 1 heterocycles. The smallest absolute Gasteiger partial charge is 0.332 e. The van der Waals surface area contributed by atoms with Crippen LogP contribution in [0.3, 0.4) is 0 Å². The number of nitrogens with zero attached hydrogens (tertiary/aromatic N) is 1. The average Bonchev–Trinajstić information content (AvgIpc) is 2.39. The van der Waals surface area contributed by atoms with Gasteiger partial charge in [-0.15, -0.1) is 0 Å². The van der Waals surface area contributed by atoms with Gasteiger partial charge in [-0.25, -0.2) is 0 Å². The number of carboxylic acid groups (broad SMARTS) is 3. The molecular formula is C11H20N2O7. The van der Waals surface area contributed by atoms with Crippen molar-refractivity contribution < 1.29 is 34.8 Å². The average molecular weight is 292 g/mol. The van der Waals surface area contributed by atoms with Crippen LogP contribution in [0, 0.1) is 5.41 Å². The van der Waals surface area contributed by atoms with Gasteiger partial charge in [0.2, 0.25) is 0 Å². The molecule has 1 saturated heterocycles. The van der Waals surface area contributed by atoms with Crippen molar-refractivity contribution in [3.05, 3.63) is 0 Å². The van der Waals surface area contributed by atoms with Gasteiger partial charge in [-0.3, -0.25) is 19.3 Å². The molecule has 20 heavy (non-hydrogen) atoms. The summed E-state index contributed by atoms with van der Waals surface area (Å²) in [5.74, 6) is -5.67. The monoisotopic (exact) mass is 292 g/mol. The fourth-order valence-corrected chi connectivity index (χ4v) is 1.35. The topological polar surface area (TPSA) is 147 Å². The van der Waals surface area contributed by atoms with E-state index < -0.39 is 23.3 Å². The minimum Gasteiger partial charge on any atom is -0.480 e. The van der Waals surface area contributed by atoms with Gasteiger partial charge in [-0.05, 0) is 6.92 Å². The Kier molecular flexibility index (Phi) is 7.74. The number of aliphatic carboxylic acids is 3. The second kappa shape index (κ2) is 8.46. The van der Waals surface area contributed by atoms with Crippen LogP contribution in [0.4, 0.5) is 0 Å². The SMILES string of the molecule is CC(C(=O)O)(C(=O)O)C(=O)O.OCCN1CCNCC1. The summed E-state index contributed by atoms with van der Waals surface area (Å²) in [6, 6.07) is 0. The Hall–Kier alpha value is -1.71. The Balaban J connectivity index is 0.000000367. The van der Waals surface area contributed by atoms with Gasteiger partial charge in [0.25, 0.3) is 5.41 Å². The fourth-order valence-electron chi connectivity index (χ4n) is 1.35. The van der Waals surface area contributed by atoms with Crippen LogP contribution in [0.25, 0.3) is 0 Å². The van der Waals surface area contributed by atoms with Crippen molar-refractivity contribution in [1.82, 2.24) is 10.2 Å². The number of rotatable bonds is 5. The quantitative estimate of drug-likeness (QED) is 0.367. The molecule has 0 bridgehead atoms. The molecule has 0 saturated carbocycles. The van der Waals surface area contributed by atoms with Gasteiger partial charge in [0.05, 0.1) is 6.61 Å². The third-order valence-corrected chi connectivity index (χ3v) is 2.91. The molecule has 0 amide bonds. The summed E-state index contributed by atoms with van der Waals surface area (Å²) < 4.78 is 0. The van der Waals surface area contributed by atoms with Crippen molar-refractivity contribution in [2.45, 2.75) is 6.92 Å². The van der Waals surface area contributed by atoms with E-state index in [4.69, 9.17) is 20.4 Å².